The Labute approximate surface area is 360 Å². The van der Waals surface area contributed by atoms with Gasteiger partial charge in [-0.25, -0.2) is 4.98 Å². The van der Waals surface area contributed by atoms with Crippen LogP contribution < -0.4 is 9.30 Å². The van der Waals surface area contributed by atoms with Gasteiger partial charge in [-0.05, 0) is 101 Å². The first-order valence-electron chi connectivity index (χ1n) is 24.9. The summed E-state index contributed by atoms with van der Waals surface area (Å²) in [5.74, 6) is 0.963. The molecule has 0 amide bonds. The number of imidazole rings is 1. The van der Waals surface area contributed by atoms with Gasteiger partial charge in [0.25, 0.3) is 6.33 Å². The number of aromatic nitrogens is 4. The highest BCUT2D eigenvalue weighted by Crippen LogP contribution is 2.38. The predicted octanol–water partition coefficient (Wildman–Crippen LogP) is 13.4. The van der Waals surface area contributed by atoms with Crippen LogP contribution in [0.4, 0.5) is 0 Å². The molecule has 0 bridgehead atoms. The van der Waals surface area contributed by atoms with Crippen LogP contribution in [0.3, 0.4) is 0 Å². The molecule has 3 heterocycles. The second-order valence-electron chi connectivity index (χ2n) is 14.8. The molecule has 3 aromatic heterocycles. The van der Waals surface area contributed by atoms with Gasteiger partial charge >= 0.3 is 0 Å². The van der Waals surface area contributed by atoms with Gasteiger partial charge in [0.05, 0.1) is 47.1 Å². The Hall–Kier alpha value is -7.24. The zero-order valence-corrected chi connectivity index (χ0v) is 32.8. The van der Waals surface area contributed by atoms with Gasteiger partial charge in [0.15, 0.2) is 0 Å². The van der Waals surface area contributed by atoms with Crippen molar-refractivity contribution in [3.8, 4) is 50.9 Å². The van der Waals surface area contributed by atoms with Crippen LogP contribution in [0.15, 0.2) is 182 Å². The number of nitrogens with zero attached hydrogens (tertiary/aromatic N) is 4. The van der Waals surface area contributed by atoms with E-state index in [1.54, 1.807) is 33.5 Å². The number of rotatable bonds is 9. The van der Waals surface area contributed by atoms with Gasteiger partial charge in [-0.3, -0.25) is 13.7 Å². The van der Waals surface area contributed by atoms with E-state index < -0.39 is 66.3 Å². The molecule has 5 heteroatoms. The number of pyridine rings is 1. The van der Waals surface area contributed by atoms with E-state index in [1.165, 1.54) is 0 Å². The SMILES string of the molecule is [2H]c1c([2H])c([2H])c(-c2cccc(-c3c([2H])c([2H])c([2H])c([2H])c3[2H])c2-[n+]2[c-]n(-c3cccc(Oc4ccc5c6ccccc6n(-c6cc(C([2H])(C)C(C)C)ccn6)c5c4)c3)c3cccc(C)c32)c([2H])c1[2H]. The van der Waals surface area contributed by atoms with Crippen molar-refractivity contribution >= 4 is 32.8 Å². The fraction of sp³-hybridized carbons (Fsp3) is 0.111. The molecule has 0 aliphatic rings. The molecule has 59 heavy (non-hydrogen) atoms. The van der Waals surface area contributed by atoms with E-state index in [-0.39, 0.29) is 33.9 Å². The van der Waals surface area contributed by atoms with Crippen molar-refractivity contribution in [3.63, 3.8) is 0 Å². The molecule has 286 valence electrons. The average Bonchev–Trinajstić information content (AvgIpc) is 3.91. The number of hydrogen-bond donors (Lipinski definition) is 0. The molecule has 7 aromatic carbocycles. The van der Waals surface area contributed by atoms with Crippen LogP contribution in [0.1, 0.15) is 52.9 Å². The van der Waals surface area contributed by atoms with Crippen molar-refractivity contribution in [2.45, 2.75) is 33.6 Å². The molecule has 0 N–H and O–H groups in total. The Bertz CT molecular complexity index is 3660. The van der Waals surface area contributed by atoms with E-state index in [0.717, 1.165) is 32.9 Å². The third-order valence-electron chi connectivity index (χ3n) is 10.9. The molecule has 0 saturated heterocycles. The van der Waals surface area contributed by atoms with Gasteiger partial charge in [0.2, 0.25) is 0 Å². The first-order valence-corrected chi connectivity index (χ1v) is 19.4. The van der Waals surface area contributed by atoms with E-state index in [1.807, 2.05) is 113 Å². The Kier molecular flexibility index (Phi) is 6.55. The van der Waals surface area contributed by atoms with Gasteiger partial charge in [0, 0.05) is 24.4 Å². The molecular formula is C54H44N4O. The van der Waals surface area contributed by atoms with Crippen molar-refractivity contribution in [1.29, 1.82) is 0 Å². The summed E-state index contributed by atoms with van der Waals surface area (Å²) in [5, 5.41) is 2.04. The van der Waals surface area contributed by atoms with Gasteiger partial charge < -0.3 is 4.74 Å². The minimum Gasteiger partial charge on any atom is -0.458 e. The van der Waals surface area contributed by atoms with Gasteiger partial charge in [0.1, 0.15) is 17.3 Å². The molecule has 0 radical (unpaired) electrons. The molecule has 0 spiro atoms. The average molecular weight is 776 g/mol. The highest BCUT2D eigenvalue weighted by Gasteiger charge is 2.21. The van der Waals surface area contributed by atoms with Gasteiger partial charge in [-0.2, -0.15) is 0 Å². The summed E-state index contributed by atoms with van der Waals surface area (Å²) in [6, 6.07) is 30.6. The van der Waals surface area contributed by atoms with Crippen LogP contribution in [0.25, 0.3) is 72.3 Å². The molecule has 0 saturated carbocycles. The maximum Gasteiger partial charge on any atom is 0.269 e. The highest BCUT2D eigenvalue weighted by atomic mass is 16.5. The number of ether oxygens (including phenoxy) is 1. The number of aryl methyl sites for hydroxylation is 1. The lowest BCUT2D eigenvalue weighted by atomic mass is 9.91. The maximum atomic E-state index is 9.14. The lowest BCUT2D eigenvalue weighted by molar-refractivity contribution is -0.571. The van der Waals surface area contributed by atoms with Crippen LogP contribution in [0.5, 0.6) is 11.5 Å². The lowest BCUT2D eigenvalue weighted by Crippen LogP contribution is -2.32. The minimum absolute atomic E-state index is 0.0644. The second kappa shape index (κ2) is 14.9. The summed E-state index contributed by atoms with van der Waals surface area (Å²) in [6.07, 6.45) is 5.22. The summed E-state index contributed by atoms with van der Waals surface area (Å²) in [5.41, 5.74) is 5.55. The van der Waals surface area contributed by atoms with Crippen LogP contribution >= 0.6 is 0 Å². The molecule has 1 unspecified atom stereocenters. The van der Waals surface area contributed by atoms with Crippen molar-refractivity contribution in [1.82, 2.24) is 14.1 Å². The molecule has 0 aliphatic heterocycles. The molecular weight excluding hydrogens is 721 g/mol. The lowest BCUT2D eigenvalue weighted by Gasteiger charge is -2.17. The zero-order chi connectivity index (χ0) is 49.7. The van der Waals surface area contributed by atoms with E-state index in [2.05, 4.69) is 23.0 Å². The molecule has 0 aliphatic carbocycles. The first-order chi connectivity index (χ1) is 33.4. The fourth-order valence-corrected chi connectivity index (χ4v) is 7.84. The zero-order valence-electron chi connectivity index (χ0n) is 43.8. The molecule has 5 nitrogen and oxygen atoms in total. The summed E-state index contributed by atoms with van der Waals surface area (Å²) >= 11 is 0. The third-order valence-corrected chi connectivity index (χ3v) is 10.9. The largest absolute Gasteiger partial charge is 0.458 e. The van der Waals surface area contributed by atoms with Crippen molar-refractivity contribution < 1.29 is 24.4 Å². The number of para-hydroxylation sites is 3. The minimum atomic E-state index is -0.837. The smallest absolute Gasteiger partial charge is 0.269 e. The Balaban J connectivity index is 1.15. The molecule has 0 fully saturated rings. The number of hydrogen-bond acceptors (Lipinski definition) is 2. The van der Waals surface area contributed by atoms with Gasteiger partial charge in [-0.15, -0.1) is 0 Å². The van der Waals surface area contributed by atoms with E-state index in [9.17, 15) is 0 Å². The van der Waals surface area contributed by atoms with Crippen molar-refractivity contribution in [2.75, 3.05) is 0 Å². The summed E-state index contributed by atoms with van der Waals surface area (Å²) in [6.45, 7) is 7.90. The molecule has 10 aromatic rings. The van der Waals surface area contributed by atoms with Gasteiger partial charge in [-0.1, -0.05) is 142 Å². The summed E-state index contributed by atoms with van der Waals surface area (Å²) in [7, 11) is 0. The maximum absolute atomic E-state index is 9.14. The van der Waals surface area contributed by atoms with E-state index in [4.69, 9.17) is 24.8 Å². The van der Waals surface area contributed by atoms with Crippen LogP contribution in [0, 0.1) is 19.2 Å². The first kappa shape index (κ1) is 25.9. The monoisotopic (exact) mass is 775 g/mol. The number of fused-ring (bicyclic) bond motifs is 4. The standard InChI is InChI=1S/C54H44N4O/c1-36(2)38(4)41-30-31-55-52(32-41)58-49-26-12-11-23-47(49)48-29-28-44(34-51(48)58)59-43-22-14-21-42(33-43)56-35-57(53-37(3)16-13-27-50(53)56)54-45(39-17-7-5-8-18-39)24-15-25-46(54)40-19-9-6-10-20-40/h5-34,36,38H,1-4H3/i5D,6D,7D,8D,9D,10D,17D,18D,19D,20D,38D. The Morgan fingerprint density at radius 1 is 0.661 bits per heavy atom. The van der Waals surface area contributed by atoms with Crippen molar-refractivity contribution in [2.24, 2.45) is 5.92 Å². The number of benzene rings is 7. The normalized spacial score (nSPS) is 15.3. The topological polar surface area (TPSA) is 35.9 Å². The second-order valence-corrected chi connectivity index (χ2v) is 14.8. The van der Waals surface area contributed by atoms with Crippen LogP contribution in [-0.2, 0) is 0 Å². The van der Waals surface area contributed by atoms with E-state index in [0.29, 0.717) is 34.0 Å². The quantitative estimate of drug-likeness (QED) is 0.108. The Morgan fingerprint density at radius 2 is 1.32 bits per heavy atom. The van der Waals surface area contributed by atoms with Crippen LogP contribution in [-0.4, -0.2) is 14.1 Å². The predicted molar refractivity (Wildman–Crippen MR) is 241 cm³/mol. The Morgan fingerprint density at radius 3 is 2.07 bits per heavy atom. The molecule has 10 rings (SSSR count). The highest BCUT2D eigenvalue weighted by molar-refractivity contribution is 6.09. The summed E-state index contributed by atoms with van der Waals surface area (Å²) < 4.78 is 109. The fourth-order valence-electron chi connectivity index (χ4n) is 7.84. The van der Waals surface area contributed by atoms with Crippen LogP contribution in [0.2, 0.25) is 0 Å². The van der Waals surface area contributed by atoms with Crippen molar-refractivity contribution in [3.05, 3.63) is 199 Å². The van der Waals surface area contributed by atoms with E-state index >= 15 is 0 Å². The molecule has 1 atom stereocenters. The summed E-state index contributed by atoms with van der Waals surface area (Å²) in [4.78, 5) is 4.80. The third kappa shape index (κ3) is 6.45.